The first-order chi connectivity index (χ1) is 28.2. The van der Waals surface area contributed by atoms with Gasteiger partial charge in [0.1, 0.15) is 0 Å². The smallest absolute Gasteiger partial charge is 0.346 e. The molecule has 16 heteroatoms. The summed E-state index contributed by atoms with van der Waals surface area (Å²) in [4.78, 5) is 81.4. The third kappa shape index (κ3) is 9.63. The first-order valence-corrected chi connectivity index (χ1v) is 22.0. The molecule has 4 saturated heterocycles. The molecule has 0 spiro atoms. The van der Waals surface area contributed by atoms with Gasteiger partial charge in [0.25, 0.3) is 0 Å². The Morgan fingerprint density at radius 3 is 0.645 bits per heavy atom. The fourth-order valence-electron chi connectivity index (χ4n) is 12.1. The van der Waals surface area contributed by atoms with Gasteiger partial charge in [0, 0.05) is 68.0 Å². The molecule has 0 aromatic rings. The monoisotopic (exact) mass is 881 g/mol. The number of carbonyl (C=O) groups excluding carboxylic acids is 4. The third-order valence-corrected chi connectivity index (χ3v) is 14.7. The van der Waals surface area contributed by atoms with Gasteiger partial charge in [0.15, 0.2) is 11.1 Å². The molecule has 0 bridgehead atoms. The van der Waals surface area contributed by atoms with Crippen LogP contribution < -0.4 is 0 Å². The van der Waals surface area contributed by atoms with Crippen LogP contribution in [0.1, 0.15) is 136 Å². The van der Waals surface area contributed by atoms with Crippen LogP contribution in [0.25, 0.3) is 0 Å². The standard InChI is InChI=1S/C46H80N4O12/c1-39(2)21-29(43(9,10)47(39)55-17)25-59-35(51)33(36(52)60-26-30-22-40(3,4)48(56-18)44(30,11)12)34(37(53)61-27-31-23-41(5,6)49(57-19)45(31,13)14)38(54)62-28-32-24-42(7,8)50(58-20)46(32,15)16/h29-32H,21-28H2,1-20H3. The Hall–Kier alpha value is -2.70. The van der Waals surface area contributed by atoms with E-state index in [1.807, 2.05) is 131 Å². The number of hydroxylamine groups is 8. The molecule has 16 nitrogen and oxygen atoms in total. The van der Waals surface area contributed by atoms with Crippen LogP contribution in [0, 0.1) is 23.7 Å². The molecule has 0 radical (unpaired) electrons. The summed E-state index contributed by atoms with van der Waals surface area (Å²) in [5.74, 6) is -5.82. The lowest BCUT2D eigenvalue weighted by molar-refractivity contribution is -0.225. The summed E-state index contributed by atoms with van der Waals surface area (Å²) in [6.45, 7) is 31.5. The Bertz CT molecular complexity index is 1470. The highest BCUT2D eigenvalue weighted by molar-refractivity contribution is 6.28. The first-order valence-electron chi connectivity index (χ1n) is 22.0. The van der Waals surface area contributed by atoms with Crippen molar-refractivity contribution in [3.05, 3.63) is 11.1 Å². The van der Waals surface area contributed by atoms with Crippen LogP contribution >= 0.6 is 0 Å². The Morgan fingerprint density at radius 2 is 0.516 bits per heavy atom. The highest BCUT2D eigenvalue weighted by Crippen LogP contribution is 2.48. The predicted molar refractivity (Wildman–Crippen MR) is 231 cm³/mol. The van der Waals surface area contributed by atoms with Gasteiger partial charge in [-0.2, -0.15) is 20.3 Å². The van der Waals surface area contributed by atoms with Crippen molar-refractivity contribution in [1.29, 1.82) is 0 Å². The summed E-state index contributed by atoms with van der Waals surface area (Å²) in [5.41, 5.74) is -5.77. The summed E-state index contributed by atoms with van der Waals surface area (Å²) in [6.07, 6.45) is 2.34. The van der Waals surface area contributed by atoms with Crippen LogP contribution in [0.3, 0.4) is 0 Å². The minimum Gasteiger partial charge on any atom is -0.462 e. The van der Waals surface area contributed by atoms with E-state index in [1.54, 1.807) is 28.4 Å². The Kier molecular flexibility index (Phi) is 15.0. The van der Waals surface area contributed by atoms with Gasteiger partial charge in [-0.3, -0.25) is 0 Å². The van der Waals surface area contributed by atoms with Crippen LogP contribution in [0.15, 0.2) is 11.1 Å². The lowest BCUT2D eigenvalue weighted by Gasteiger charge is -2.39. The van der Waals surface area contributed by atoms with Gasteiger partial charge in [-0.25, -0.2) is 19.2 Å². The van der Waals surface area contributed by atoms with Crippen LogP contribution in [0.4, 0.5) is 0 Å². The second-order valence-corrected chi connectivity index (χ2v) is 22.5. The molecular formula is C46H80N4O12. The molecule has 4 unspecified atom stereocenters. The normalized spacial score (nSPS) is 29.3. The number of esters is 4. The molecule has 4 aliphatic heterocycles. The second-order valence-electron chi connectivity index (χ2n) is 22.5. The molecule has 0 N–H and O–H groups in total. The molecule has 4 aliphatic rings. The van der Waals surface area contributed by atoms with E-state index < -0.39 is 79.3 Å². The van der Waals surface area contributed by atoms with E-state index in [0.29, 0.717) is 25.7 Å². The number of rotatable bonds is 16. The van der Waals surface area contributed by atoms with Crippen molar-refractivity contribution >= 4 is 23.9 Å². The number of carbonyl (C=O) groups is 4. The summed E-state index contributed by atoms with van der Waals surface area (Å²) >= 11 is 0. The number of hydrogen-bond acceptors (Lipinski definition) is 16. The van der Waals surface area contributed by atoms with Crippen LogP contribution in [0.5, 0.6) is 0 Å². The highest BCUT2D eigenvalue weighted by Gasteiger charge is 2.56. The molecule has 0 aromatic heterocycles. The summed E-state index contributed by atoms with van der Waals surface area (Å²) in [7, 11) is 6.38. The summed E-state index contributed by atoms with van der Waals surface area (Å²) in [5, 5.41) is 7.46. The topological polar surface area (TPSA) is 155 Å². The average molecular weight is 881 g/mol. The zero-order valence-electron chi connectivity index (χ0n) is 41.7. The largest absolute Gasteiger partial charge is 0.462 e. The first kappa shape index (κ1) is 51.9. The highest BCUT2D eigenvalue weighted by atomic mass is 16.7. The maximum atomic E-state index is 14.6. The minimum atomic E-state index is -1.20. The Morgan fingerprint density at radius 1 is 0.355 bits per heavy atom. The molecule has 4 fully saturated rings. The molecule has 356 valence electrons. The van der Waals surface area contributed by atoms with Gasteiger partial charge in [-0.15, -0.1) is 0 Å². The minimum absolute atomic E-state index is 0.147. The maximum absolute atomic E-state index is 14.6. The second kappa shape index (κ2) is 17.9. The van der Waals surface area contributed by atoms with Crippen molar-refractivity contribution in [3.63, 3.8) is 0 Å². The molecule has 4 atom stereocenters. The van der Waals surface area contributed by atoms with Gasteiger partial charge in [-0.05, 0) is 136 Å². The predicted octanol–water partition coefficient (Wildman–Crippen LogP) is 6.22. The Labute approximate surface area is 371 Å². The van der Waals surface area contributed by atoms with E-state index in [9.17, 15) is 19.2 Å². The lowest BCUT2D eigenvalue weighted by Crippen LogP contribution is -2.49. The third-order valence-electron chi connectivity index (χ3n) is 14.7. The molecular weight excluding hydrogens is 801 g/mol. The molecule has 4 rings (SSSR count). The van der Waals surface area contributed by atoms with E-state index >= 15 is 0 Å². The van der Waals surface area contributed by atoms with E-state index in [-0.39, 0.29) is 50.1 Å². The molecule has 0 amide bonds. The van der Waals surface area contributed by atoms with Gasteiger partial charge in [-0.1, -0.05) is 0 Å². The molecule has 0 saturated carbocycles. The van der Waals surface area contributed by atoms with Crippen molar-refractivity contribution in [2.24, 2.45) is 23.7 Å². The van der Waals surface area contributed by atoms with Gasteiger partial charge in [0.2, 0.25) is 0 Å². The zero-order chi connectivity index (χ0) is 47.4. The summed E-state index contributed by atoms with van der Waals surface area (Å²) in [6, 6.07) is 0. The van der Waals surface area contributed by atoms with Crippen molar-refractivity contribution in [2.45, 2.75) is 181 Å². The molecule has 4 heterocycles. The number of nitrogens with zero attached hydrogens (tertiary/aromatic N) is 4. The number of hydrogen-bond donors (Lipinski definition) is 0. The zero-order valence-corrected chi connectivity index (χ0v) is 41.7. The van der Waals surface area contributed by atoms with Crippen molar-refractivity contribution in [2.75, 3.05) is 54.9 Å². The van der Waals surface area contributed by atoms with E-state index in [1.165, 1.54) is 0 Å². The quantitative estimate of drug-likeness (QED) is 0.0566. The van der Waals surface area contributed by atoms with Crippen molar-refractivity contribution < 1.29 is 57.5 Å². The molecule has 62 heavy (non-hydrogen) atoms. The fourth-order valence-corrected chi connectivity index (χ4v) is 12.1. The fraction of sp³-hybridized carbons (Fsp3) is 0.870. The van der Waals surface area contributed by atoms with E-state index in [2.05, 4.69) is 0 Å². The van der Waals surface area contributed by atoms with Gasteiger partial charge in [0.05, 0.1) is 54.9 Å². The number of ether oxygens (including phenoxy) is 4. The van der Waals surface area contributed by atoms with Crippen molar-refractivity contribution in [1.82, 2.24) is 20.3 Å². The van der Waals surface area contributed by atoms with Crippen LogP contribution in [-0.4, -0.2) is 143 Å². The van der Waals surface area contributed by atoms with Crippen LogP contribution in [-0.2, 0) is 57.5 Å². The van der Waals surface area contributed by atoms with E-state index in [4.69, 9.17) is 38.3 Å². The Balaban J connectivity index is 1.78. The van der Waals surface area contributed by atoms with Gasteiger partial charge < -0.3 is 38.3 Å². The average Bonchev–Trinajstić information content (AvgIpc) is 3.60. The maximum Gasteiger partial charge on any atom is 0.346 e. The van der Waals surface area contributed by atoms with Crippen LogP contribution in [0.2, 0.25) is 0 Å². The summed E-state index contributed by atoms with van der Waals surface area (Å²) < 4.78 is 23.8. The van der Waals surface area contributed by atoms with Crippen molar-refractivity contribution in [3.8, 4) is 0 Å². The lowest BCUT2D eigenvalue weighted by atomic mass is 9.87. The molecule has 0 aliphatic carbocycles. The van der Waals surface area contributed by atoms with E-state index in [0.717, 1.165) is 0 Å². The van der Waals surface area contributed by atoms with Gasteiger partial charge >= 0.3 is 23.9 Å². The SMILES string of the molecule is CON1C(C)(C)CC(COC(=O)C(C(=O)OCC2CC(C)(C)N(OC)C2(C)C)=C(C(=O)OCC2CC(C)(C)N(OC)C2(C)C)C(=O)OCC2CC(C)(C)N(OC)C2(C)C)C1(C)C. The molecule has 0 aromatic carbocycles.